The first-order valence-electron chi connectivity index (χ1n) is 13.4. The smallest absolute Gasteiger partial charge is 0.113 e. The lowest BCUT2D eigenvalue weighted by molar-refractivity contribution is 0.766. The summed E-state index contributed by atoms with van der Waals surface area (Å²) in [6, 6.07) is 42.9. The van der Waals surface area contributed by atoms with Gasteiger partial charge in [0.25, 0.3) is 0 Å². The average Bonchev–Trinajstić information content (AvgIpc) is 3.49. The van der Waals surface area contributed by atoms with Crippen molar-refractivity contribution in [2.45, 2.75) is 0 Å². The molecule has 0 unspecified atom stereocenters. The summed E-state index contributed by atoms with van der Waals surface area (Å²) < 4.78 is 0. The Labute approximate surface area is 235 Å². The van der Waals surface area contributed by atoms with Crippen molar-refractivity contribution in [3.63, 3.8) is 0 Å². The lowest BCUT2D eigenvalue weighted by atomic mass is 9.96. The van der Waals surface area contributed by atoms with E-state index in [1.807, 2.05) is 78.9 Å². The van der Waals surface area contributed by atoms with Gasteiger partial charge in [0.15, 0.2) is 0 Å². The van der Waals surface area contributed by atoms with Gasteiger partial charge in [0.2, 0.25) is 0 Å². The molecule has 8 rings (SSSR count). The Hall–Kier alpha value is -5.75. The van der Waals surface area contributed by atoms with Crippen LogP contribution in [0.1, 0.15) is 0 Å². The van der Waals surface area contributed by atoms with Gasteiger partial charge in [-0.05, 0) is 71.8 Å². The van der Waals surface area contributed by atoms with Crippen molar-refractivity contribution in [3.05, 3.63) is 134 Å². The van der Waals surface area contributed by atoms with Gasteiger partial charge < -0.3 is 0 Å². The SMILES string of the molecule is c1ccc(-c2ccc3c(-c4cccc(-n5nc6ccccc6n5)c4)cc4ccc(-c5ccccn5)nc4c3n2)cc1. The van der Waals surface area contributed by atoms with Crippen LogP contribution in [0.25, 0.3) is 72.3 Å². The second-order valence-electron chi connectivity index (χ2n) is 9.89. The molecule has 0 fully saturated rings. The second-order valence-corrected chi connectivity index (χ2v) is 9.89. The van der Waals surface area contributed by atoms with E-state index in [1.54, 1.807) is 11.0 Å². The lowest BCUT2D eigenvalue weighted by Crippen LogP contribution is -1.99. The van der Waals surface area contributed by atoms with Crippen LogP contribution < -0.4 is 0 Å². The van der Waals surface area contributed by atoms with Crippen LogP contribution in [0.4, 0.5) is 0 Å². The fourth-order valence-corrected chi connectivity index (χ4v) is 5.30. The molecule has 6 heteroatoms. The van der Waals surface area contributed by atoms with Crippen molar-refractivity contribution in [1.82, 2.24) is 29.9 Å². The van der Waals surface area contributed by atoms with E-state index < -0.39 is 0 Å². The largest absolute Gasteiger partial charge is 0.255 e. The molecule has 6 nitrogen and oxygen atoms in total. The van der Waals surface area contributed by atoms with E-state index in [1.165, 1.54) is 0 Å². The maximum absolute atomic E-state index is 5.19. The van der Waals surface area contributed by atoms with Crippen molar-refractivity contribution >= 4 is 32.8 Å². The molecule has 0 spiro atoms. The third-order valence-electron chi connectivity index (χ3n) is 7.31. The van der Waals surface area contributed by atoms with Gasteiger partial charge in [0, 0.05) is 22.5 Å². The van der Waals surface area contributed by atoms with E-state index in [4.69, 9.17) is 20.2 Å². The minimum Gasteiger partial charge on any atom is -0.255 e. The first-order valence-corrected chi connectivity index (χ1v) is 13.4. The summed E-state index contributed by atoms with van der Waals surface area (Å²) in [5, 5.41) is 11.4. The molecule has 0 radical (unpaired) electrons. The fourth-order valence-electron chi connectivity index (χ4n) is 5.30. The summed E-state index contributed by atoms with van der Waals surface area (Å²) in [4.78, 5) is 16.5. The molecular weight excluding hydrogens is 504 g/mol. The Balaban J connectivity index is 1.35. The van der Waals surface area contributed by atoms with E-state index in [0.29, 0.717) is 0 Å². The molecule has 4 aromatic heterocycles. The standard InChI is InChI=1S/C35H22N6/c1-2-9-23(10-3-1)29-19-17-27-28(24-11-8-12-26(21-24)41-39-32-14-4-5-15-33(32)40-41)22-25-16-18-31(30-13-6-7-20-36-30)38-34(25)35(27)37-29/h1-22H. The second kappa shape index (κ2) is 9.47. The molecule has 0 aliphatic carbocycles. The van der Waals surface area contributed by atoms with Gasteiger partial charge in [0.1, 0.15) is 11.0 Å². The van der Waals surface area contributed by atoms with Crippen LogP contribution in [0.5, 0.6) is 0 Å². The van der Waals surface area contributed by atoms with Crippen LogP contribution in [-0.4, -0.2) is 29.9 Å². The summed E-state index contributed by atoms with van der Waals surface area (Å²) in [5.41, 5.74) is 10.1. The summed E-state index contributed by atoms with van der Waals surface area (Å²) in [6.07, 6.45) is 1.79. The van der Waals surface area contributed by atoms with Crippen LogP contribution in [-0.2, 0) is 0 Å². The Morgan fingerprint density at radius 1 is 0.488 bits per heavy atom. The normalized spacial score (nSPS) is 11.4. The van der Waals surface area contributed by atoms with E-state index >= 15 is 0 Å². The molecule has 4 heterocycles. The van der Waals surface area contributed by atoms with Crippen LogP contribution in [0.3, 0.4) is 0 Å². The van der Waals surface area contributed by atoms with Crippen LogP contribution in [0.15, 0.2) is 134 Å². The summed E-state index contributed by atoms with van der Waals surface area (Å²) in [6.45, 7) is 0. The number of hydrogen-bond acceptors (Lipinski definition) is 5. The van der Waals surface area contributed by atoms with Crippen molar-refractivity contribution in [2.24, 2.45) is 0 Å². The molecule has 0 saturated carbocycles. The highest BCUT2D eigenvalue weighted by Crippen LogP contribution is 2.36. The minimum absolute atomic E-state index is 0.817. The zero-order valence-electron chi connectivity index (χ0n) is 21.9. The number of rotatable bonds is 4. The van der Waals surface area contributed by atoms with E-state index in [9.17, 15) is 0 Å². The molecule has 0 amide bonds. The maximum atomic E-state index is 5.19. The number of pyridine rings is 3. The zero-order chi connectivity index (χ0) is 27.2. The summed E-state index contributed by atoms with van der Waals surface area (Å²) in [5.74, 6) is 0. The molecule has 8 aromatic rings. The zero-order valence-corrected chi connectivity index (χ0v) is 21.9. The van der Waals surface area contributed by atoms with Gasteiger partial charge in [-0.3, -0.25) is 4.98 Å². The molecule has 0 N–H and O–H groups in total. The lowest BCUT2D eigenvalue weighted by Gasteiger charge is -2.13. The molecular formula is C35H22N6. The van der Waals surface area contributed by atoms with Crippen molar-refractivity contribution < 1.29 is 0 Å². The number of nitrogens with zero attached hydrogens (tertiary/aromatic N) is 6. The van der Waals surface area contributed by atoms with Crippen LogP contribution in [0, 0.1) is 0 Å². The third kappa shape index (κ3) is 4.10. The van der Waals surface area contributed by atoms with E-state index in [0.717, 1.165) is 72.3 Å². The van der Waals surface area contributed by atoms with Crippen molar-refractivity contribution in [2.75, 3.05) is 0 Å². The quantitative estimate of drug-likeness (QED) is 0.218. The Bertz CT molecular complexity index is 2170. The topological polar surface area (TPSA) is 69.4 Å². The number of benzene rings is 4. The van der Waals surface area contributed by atoms with Crippen molar-refractivity contribution in [1.29, 1.82) is 0 Å². The molecule has 192 valence electrons. The summed E-state index contributed by atoms with van der Waals surface area (Å²) >= 11 is 0. The van der Waals surface area contributed by atoms with Gasteiger partial charge in [0.05, 0.1) is 33.8 Å². The van der Waals surface area contributed by atoms with Gasteiger partial charge >= 0.3 is 0 Å². The highest BCUT2D eigenvalue weighted by atomic mass is 15.5. The molecule has 0 atom stereocenters. The molecule has 0 aliphatic heterocycles. The van der Waals surface area contributed by atoms with Gasteiger partial charge in [-0.2, -0.15) is 4.80 Å². The van der Waals surface area contributed by atoms with Gasteiger partial charge in [-0.15, -0.1) is 10.2 Å². The highest BCUT2D eigenvalue weighted by Gasteiger charge is 2.15. The number of fused-ring (bicyclic) bond motifs is 4. The Morgan fingerprint density at radius 3 is 2.02 bits per heavy atom. The first kappa shape index (κ1) is 23.2. The number of aromatic nitrogens is 6. The molecule has 4 aromatic carbocycles. The summed E-state index contributed by atoms with van der Waals surface area (Å²) in [7, 11) is 0. The minimum atomic E-state index is 0.817. The molecule has 0 saturated heterocycles. The molecule has 0 bridgehead atoms. The number of hydrogen-bond donors (Lipinski definition) is 0. The molecule has 0 aliphatic rings. The predicted molar refractivity (Wildman–Crippen MR) is 164 cm³/mol. The Morgan fingerprint density at radius 2 is 1.22 bits per heavy atom. The third-order valence-corrected chi connectivity index (χ3v) is 7.31. The van der Waals surface area contributed by atoms with Gasteiger partial charge in [-0.1, -0.05) is 66.7 Å². The maximum Gasteiger partial charge on any atom is 0.113 e. The first-order chi connectivity index (χ1) is 20.3. The monoisotopic (exact) mass is 526 g/mol. The van der Waals surface area contributed by atoms with Gasteiger partial charge in [-0.25, -0.2) is 9.97 Å². The van der Waals surface area contributed by atoms with Crippen LogP contribution in [0.2, 0.25) is 0 Å². The average molecular weight is 527 g/mol. The Kier molecular flexibility index (Phi) is 5.35. The molecule has 41 heavy (non-hydrogen) atoms. The highest BCUT2D eigenvalue weighted by molar-refractivity contribution is 6.11. The van der Waals surface area contributed by atoms with E-state index in [-0.39, 0.29) is 0 Å². The van der Waals surface area contributed by atoms with E-state index in [2.05, 4.69) is 53.5 Å². The predicted octanol–water partition coefficient (Wildman–Crippen LogP) is 7.91. The fraction of sp³-hybridized carbons (Fsp3) is 0. The van der Waals surface area contributed by atoms with Crippen molar-refractivity contribution in [3.8, 4) is 39.5 Å². The van der Waals surface area contributed by atoms with Crippen LogP contribution >= 0.6 is 0 Å².